The molecule has 19 heavy (non-hydrogen) atoms. The van der Waals surface area contributed by atoms with Gasteiger partial charge in [0, 0.05) is 5.56 Å². The van der Waals surface area contributed by atoms with Gasteiger partial charge in [0.2, 0.25) is 5.76 Å². The van der Waals surface area contributed by atoms with Crippen molar-refractivity contribution < 1.29 is 22.7 Å². The van der Waals surface area contributed by atoms with E-state index in [4.69, 9.17) is 21.1 Å². The topological polar surface area (TPSA) is 84.6 Å². The minimum Gasteiger partial charge on any atom is -0.475 e. The van der Waals surface area contributed by atoms with Crippen LogP contribution in [0.25, 0.3) is 0 Å². The fourth-order valence-electron chi connectivity index (χ4n) is 1.62. The lowest BCUT2D eigenvalue weighted by molar-refractivity contribution is 0.0661. The molecule has 1 heterocycles. The van der Waals surface area contributed by atoms with Gasteiger partial charge in [0.25, 0.3) is 0 Å². The van der Waals surface area contributed by atoms with Gasteiger partial charge in [0.05, 0.1) is 21.9 Å². The van der Waals surface area contributed by atoms with Crippen LogP contribution in [0.3, 0.4) is 0 Å². The van der Waals surface area contributed by atoms with Gasteiger partial charge in [-0.15, -0.1) is 0 Å². The standard InChI is InChI=1S/C12H9ClO5S/c13-9-3-1-2-4-10(9)19(16,17)7-8-5-6-18-11(8)12(14)15/h1-6H,7H2,(H,14,15). The summed E-state index contributed by atoms with van der Waals surface area (Å²) in [7, 11) is -3.73. The summed E-state index contributed by atoms with van der Waals surface area (Å²) in [5.41, 5.74) is 0.0902. The zero-order chi connectivity index (χ0) is 14.0. The summed E-state index contributed by atoms with van der Waals surface area (Å²) >= 11 is 5.83. The van der Waals surface area contributed by atoms with Crippen LogP contribution in [0.4, 0.5) is 0 Å². The van der Waals surface area contributed by atoms with Gasteiger partial charge in [0.1, 0.15) is 0 Å². The van der Waals surface area contributed by atoms with E-state index in [2.05, 4.69) is 0 Å². The zero-order valence-corrected chi connectivity index (χ0v) is 11.1. The summed E-state index contributed by atoms with van der Waals surface area (Å²) in [6, 6.07) is 7.31. The number of carboxylic acids is 1. The van der Waals surface area contributed by atoms with E-state index < -0.39 is 21.6 Å². The Hall–Kier alpha value is -1.79. The molecule has 0 saturated heterocycles. The molecule has 0 aliphatic carbocycles. The number of rotatable bonds is 4. The Morgan fingerprint density at radius 3 is 2.58 bits per heavy atom. The van der Waals surface area contributed by atoms with E-state index in [1.54, 1.807) is 12.1 Å². The first kappa shape index (κ1) is 13.6. The highest BCUT2D eigenvalue weighted by molar-refractivity contribution is 7.90. The number of carboxylic acid groups (broad SMARTS) is 1. The molecule has 0 atom stereocenters. The highest BCUT2D eigenvalue weighted by Gasteiger charge is 2.23. The fraction of sp³-hybridized carbons (Fsp3) is 0.0833. The van der Waals surface area contributed by atoms with Gasteiger partial charge in [-0.3, -0.25) is 0 Å². The summed E-state index contributed by atoms with van der Waals surface area (Å²) < 4.78 is 29.1. The smallest absolute Gasteiger partial charge is 0.372 e. The van der Waals surface area contributed by atoms with Crippen molar-refractivity contribution in [3.05, 3.63) is 52.9 Å². The summed E-state index contributed by atoms with van der Waals surface area (Å²) in [6.45, 7) is 0. The third-order valence-corrected chi connectivity index (χ3v) is 4.62. The van der Waals surface area contributed by atoms with Crippen molar-refractivity contribution in [2.75, 3.05) is 0 Å². The molecule has 5 nitrogen and oxygen atoms in total. The second kappa shape index (κ2) is 5.07. The second-order valence-corrected chi connectivity index (χ2v) is 6.13. The number of benzene rings is 1. The van der Waals surface area contributed by atoms with Crippen LogP contribution < -0.4 is 0 Å². The number of sulfone groups is 1. The van der Waals surface area contributed by atoms with Gasteiger partial charge in [-0.2, -0.15) is 0 Å². The number of hydrogen-bond acceptors (Lipinski definition) is 4. The zero-order valence-electron chi connectivity index (χ0n) is 9.54. The summed E-state index contributed by atoms with van der Waals surface area (Å²) in [5, 5.41) is 8.96. The quantitative estimate of drug-likeness (QED) is 0.938. The van der Waals surface area contributed by atoms with Gasteiger partial charge in [-0.1, -0.05) is 23.7 Å². The fourth-order valence-corrected chi connectivity index (χ4v) is 3.55. The number of carbonyl (C=O) groups is 1. The third-order valence-electron chi connectivity index (χ3n) is 2.46. The number of aromatic carboxylic acids is 1. The average Bonchev–Trinajstić information content (AvgIpc) is 2.76. The largest absolute Gasteiger partial charge is 0.475 e. The monoisotopic (exact) mass is 300 g/mol. The van der Waals surface area contributed by atoms with Crippen LogP contribution in [0.5, 0.6) is 0 Å². The minimum absolute atomic E-state index is 0.0331. The van der Waals surface area contributed by atoms with Crippen molar-refractivity contribution >= 4 is 27.4 Å². The lowest BCUT2D eigenvalue weighted by atomic mass is 10.3. The van der Waals surface area contributed by atoms with Gasteiger partial charge < -0.3 is 9.52 Å². The van der Waals surface area contributed by atoms with Crippen LogP contribution in [-0.2, 0) is 15.6 Å². The van der Waals surface area contributed by atoms with E-state index in [0.717, 1.165) is 6.26 Å². The molecule has 1 aromatic carbocycles. The molecular formula is C12H9ClO5S. The van der Waals surface area contributed by atoms with E-state index in [1.165, 1.54) is 18.2 Å². The van der Waals surface area contributed by atoms with E-state index >= 15 is 0 Å². The Bertz CT molecular complexity index is 717. The summed E-state index contributed by atoms with van der Waals surface area (Å²) in [4.78, 5) is 10.8. The lowest BCUT2D eigenvalue weighted by Crippen LogP contribution is -2.08. The Morgan fingerprint density at radius 1 is 1.26 bits per heavy atom. The van der Waals surface area contributed by atoms with Gasteiger partial charge in [-0.25, -0.2) is 13.2 Å². The normalized spacial score (nSPS) is 11.4. The molecule has 1 aromatic heterocycles. The molecule has 7 heteroatoms. The Labute approximate surface area is 114 Å². The lowest BCUT2D eigenvalue weighted by Gasteiger charge is -2.05. The molecule has 0 aliphatic heterocycles. The first-order valence-electron chi connectivity index (χ1n) is 5.19. The molecular weight excluding hydrogens is 292 g/mol. The molecule has 0 spiro atoms. The van der Waals surface area contributed by atoms with Crippen LogP contribution >= 0.6 is 11.6 Å². The van der Waals surface area contributed by atoms with Crippen LogP contribution in [0.2, 0.25) is 5.02 Å². The number of hydrogen-bond donors (Lipinski definition) is 1. The molecule has 1 N–H and O–H groups in total. The molecule has 0 saturated carbocycles. The van der Waals surface area contributed by atoms with Crippen molar-refractivity contribution in [1.82, 2.24) is 0 Å². The van der Waals surface area contributed by atoms with Gasteiger partial charge in [0.15, 0.2) is 9.84 Å². The maximum atomic E-state index is 12.2. The van der Waals surface area contributed by atoms with Crippen molar-refractivity contribution in [2.24, 2.45) is 0 Å². The summed E-state index contributed by atoms with van der Waals surface area (Å²) in [6.07, 6.45) is 1.14. The SMILES string of the molecule is O=C(O)c1occc1CS(=O)(=O)c1ccccc1Cl. The number of halogens is 1. The van der Waals surface area contributed by atoms with Crippen molar-refractivity contribution in [2.45, 2.75) is 10.6 Å². The number of furan rings is 1. The van der Waals surface area contributed by atoms with E-state index in [-0.39, 0.29) is 21.2 Å². The predicted octanol–water partition coefficient (Wildman–Crippen LogP) is 2.61. The van der Waals surface area contributed by atoms with Crippen molar-refractivity contribution in [3.8, 4) is 0 Å². The van der Waals surface area contributed by atoms with E-state index in [0.29, 0.717) is 0 Å². The predicted molar refractivity (Wildman–Crippen MR) is 68.0 cm³/mol. The van der Waals surface area contributed by atoms with Crippen molar-refractivity contribution in [3.63, 3.8) is 0 Å². The molecule has 2 aromatic rings. The Morgan fingerprint density at radius 2 is 1.95 bits per heavy atom. The molecule has 0 aliphatic rings. The molecule has 0 amide bonds. The van der Waals surface area contributed by atoms with Crippen molar-refractivity contribution in [1.29, 1.82) is 0 Å². The Kier molecular flexibility index (Phi) is 3.64. The van der Waals surface area contributed by atoms with Crippen LogP contribution in [0.15, 0.2) is 45.9 Å². The molecule has 0 fully saturated rings. The maximum Gasteiger partial charge on any atom is 0.372 e. The van der Waals surface area contributed by atoms with Crippen LogP contribution in [-0.4, -0.2) is 19.5 Å². The highest BCUT2D eigenvalue weighted by Crippen LogP contribution is 2.25. The molecule has 0 radical (unpaired) electrons. The van der Waals surface area contributed by atoms with Gasteiger partial charge in [-0.05, 0) is 18.2 Å². The van der Waals surface area contributed by atoms with Gasteiger partial charge >= 0.3 is 5.97 Å². The first-order chi connectivity index (χ1) is 8.92. The maximum absolute atomic E-state index is 12.2. The molecule has 100 valence electrons. The summed E-state index contributed by atoms with van der Waals surface area (Å²) in [5.74, 6) is -2.17. The van der Waals surface area contributed by atoms with Crippen LogP contribution in [0, 0.1) is 0 Å². The highest BCUT2D eigenvalue weighted by atomic mass is 35.5. The molecule has 0 unspecified atom stereocenters. The van der Waals surface area contributed by atoms with Crippen LogP contribution in [0.1, 0.15) is 16.1 Å². The minimum atomic E-state index is -3.73. The van der Waals surface area contributed by atoms with E-state index in [1.807, 2.05) is 0 Å². The third kappa shape index (κ3) is 2.80. The average molecular weight is 301 g/mol. The first-order valence-corrected chi connectivity index (χ1v) is 7.22. The Balaban J connectivity index is 2.40. The second-order valence-electron chi connectivity index (χ2n) is 3.77. The van der Waals surface area contributed by atoms with E-state index in [9.17, 15) is 13.2 Å². The molecule has 0 bridgehead atoms. The molecule has 2 rings (SSSR count).